The first-order valence-electron chi connectivity index (χ1n) is 9.49. The van der Waals surface area contributed by atoms with E-state index in [4.69, 9.17) is 0 Å². The molecule has 1 aromatic carbocycles. The highest BCUT2D eigenvalue weighted by Gasteiger charge is 2.33. The van der Waals surface area contributed by atoms with Crippen molar-refractivity contribution in [3.63, 3.8) is 0 Å². The summed E-state index contributed by atoms with van der Waals surface area (Å²) in [5.41, 5.74) is 1.15. The fraction of sp³-hybridized carbons (Fsp3) is 0.600. The van der Waals surface area contributed by atoms with E-state index in [2.05, 4.69) is 0 Å². The van der Waals surface area contributed by atoms with Crippen molar-refractivity contribution in [2.45, 2.75) is 31.6 Å². The number of nitrogens with zero attached hydrogens (tertiary/aromatic N) is 3. The summed E-state index contributed by atoms with van der Waals surface area (Å²) in [4.78, 5) is 30.4. The molecule has 3 amide bonds. The number of benzene rings is 1. The Labute approximate surface area is 155 Å². The van der Waals surface area contributed by atoms with E-state index in [9.17, 15) is 14.7 Å². The first kappa shape index (κ1) is 18.5. The normalized spacial score (nSPS) is 21.5. The summed E-state index contributed by atoms with van der Waals surface area (Å²) in [6.45, 7) is 2.76. The molecular weight excluding hydrogens is 330 g/mol. The molecule has 2 aliphatic rings. The van der Waals surface area contributed by atoms with Crippen molar-refractivity contribution in [2.75, 3.05) is 40.3 Å². The molecular formula is C20H29N3O3. The lowest BCUT2D eigenvalue weighted by Gasteiger charge is -2.38. The van der Waals surface area contributed by atoms with Gasteiger partial charge in [-0.15, -0.1) is 0 Å². The third-order valence-electron chi connectivity index (χ3n) is 5.57. The van der Waals surface area contributed by atoms with Gasteiger partial charge in [-0.3, -0.25) is 4.79 Å². The maximum absolute atomic E-state index is 12.9. The van der Waals surface area contributed by atoms with Crippen LogP contribution < -0.4 is 0 Å². The first-order chi connectivity index (χ1) is 12.5. The number of aromatic hydroxyl groups is 1. The molecule has 0 saturated carbocycles. The average molecular weight is 359 g/mol. The van der Waals surface area contributed by atoms with Gasteiger partial charge in [-0.2, -0.15) is 0 Å². The predicted octanol–water partition coefficient (Wildman–Crippen LogP) is 2.49. The van der Waals surface area contributed by atoms with E-state index in [1.807, 2.05) is 23.1 Å². The lowest BCUT2D eigenvalue weighted by Crippen LogP contribution is -2.50. The third-order valence-corrected chi connectivity index (χ3v) is 5.57. The van der Waals surface area contributed by atoms with Crippen LogP contribution in [0.4, 0.5) is 4.79 Å². The minimum atomic E-state index is -0.0787. The lowest BCUT2D eigenvalue weighted by atomic mass is 9.88. The fourth-order valence-corrected chi connectivity index (χ4v) is 4.11. The molecule has 1 atom stereocenters. The molecule has 6 heteroatoms. The Bertz CT molecular complexity index is 653. The molecule has 2 aliphatic heterocycles. The van der Waals surface area contributed by atoms with Gasteiger partial charge in [0.2, 0.25) is 5.91 Å². The molecule has 0 spiro atoms. The van der Waals surface area contributed by atoms with Gasteiger partial charge in [-0.25, -0.2) is 4.79 Å². The Morgan fingerprint density at radius 2 is 1.81 bits per heavy atom. The summed E-state index contributed by atoms with van der Waals surface area (Å²) in [5.74, 6) is 0.804. The monoisotopic (exact) mass is 359 g/mol. The molecule has 142 valence electrons. The topological polar surface area (TPSA) is 64.1 Å². The fourth-order valence-electron chi connectivity index (χ4n) is 4.11. The zero-order valence-corrected chi connectivity index (χ0v) is 15.7. The summed E-state index contributed by atoms with van der Waals surface area (Å²) in [5, 5.41) is 9.66. The Hall–Kier alpha value is -2.24. The van der Waals surface area contributed by atoms with E-state index < -0.39 is 0 Å². The number of rotatable bonds is 2. The molecule has 0 radical (unpaired) electrons. The SMILES string of the molecule is CN(C)C(=O)N1CCCC(C(=O)N2CCC(c3cccc(O)c3)CC2)C1. The van der Waals surface area contributed by atoms with Gasteiger partial charge >= 0.3 is 6.03 Å². The van der Waals surface area contributed by atoms with Crippen LogP contribution in [0.2, 0.25) is 0 Å². The van der Waals surface area contributed by atoms with Crippen LogP contribution in [0.25, 0.3) is 0 Å². The molecule has 3 rings (SSSR count). The van der Waals surface area contributed by atoms with Crippen molar-refractivity contribution >= 4 is 11.9 Å². The van der Waals surface area contributed by atoms with Crippen LogP contribution in [-0.4, -0.2) is 72.0 Å². The molecule has 1 N–H and O–H groups in total. The second kappa shape index (κ2) is 7.98. The van der Waals surface area contributed by atoms with E-state index in [1.54, 1.807) is 30.0 Å². The van der Waals surface area contributed by atoms with Crippen LogP contribution in [0.1, 0.15) is 37.2 Å². The quantitative estimate of drug-likeness (QED) is 0.882. The van der Waals surface area contributed by atoms with Crippen molar-refractivity contribution in [1.82, 2.24) is 14.7 Å². The molecule has 2 saturated heterocycles. The highest BCUT2D eigenvalue weighted by atomic mass is 16.3. The number of hydrogen-bond acceptors (Lipinski definition) is 3. The maximum atomic E-state index is 12.9. The molecule has 1 unspecified atom stereocenters. The van der Waals surface area contributed by atoms with Crippen molar-refractivity contribution in [1.29, 1.82) is 0 Å². The predicted molar refractivity (Wildman–Crippen MR) is 100 cm³/mol. The van der Waals surface area contributed by atoms with Crippen molar-refractivity contribution in [3.8, 4) is 5.75 Å². The van der Waals surface area contributed by atoms with Crippen LogP contribution in [0.3, 0.4) is 0 Å². The van der Waals surface area contributed by atoms with Gasteiger partial charge in [-0.05, 0) is 49.3 Å². The Balaban J connectivity index is 1.55. The largest absolute Gasteiger partial charge is 0.508 e. The summed E-state index contributed by atoms with van der Waals surface area (Å²) in [7, 11) is 3.50. The molecule has 6 nitrogen and oxygen atoms in total. The standard InChI is InChI=1S/C20H29N3O3/c1-21(2)20(26)23-10-4-6-17(14-23)19(25)22-11-8-15(9-12-22)16-5-3-7-18(24)13-16/h3,5,7,13,15,17,24H,4,6,8-12,14H2,1-2H3. The number of carbonyl (C=O) groups is 2. The maximum Gasteiger partial charge on any atom is 0.319 e. The van der Waals surface area contributed by atoms with E-state index in [0.717, 1.165) is 50.9 Å². The molecule has 1 aromatic rings. The Kier molecular flexibility index (Phi) is 5.69. The lowest BCUT2D eigenvalue weighted by molar-refractivity contribution is -0.138. The zero-order chi connectivity index (χ0) is 18.7. The molecule has 26 heavy (non-hydrogen) atoms. The summed E-state index contributed by atoms with van der Waals surface area (Å²) < 4.78 is 0. The highest BCUT2D eigenvalue weighted by molar-refractivity contribution is 5.81. The van der Waals surface area contributed by atoms with Gasteiger partial charge in [0.05, 0.1) is 5.92 Å². The summed E-state index contributed by atoms with van der Waals surface area (Å²) in [6.07, 6.45) is 3.59. The number of carbonyl (C=O) groups excluding carboxylic acids is 2. The Morgan fingerprint density at radius 1 is 1.08 bits per heavy atom. The number of amides is 3. The van der Waals surface area contributed by atoms with E-state index in [0.29, 0.717) is 18.2 Å². The number of hydrogen-bond donors (Lipinski definition) is 1. The Morgan fingerprint density at radius 3 is 2.46 bits per heavy atom. The summed E-state index contributed by atoms with van der Waals surface area (Å²) in [6, 6.07) is 7.43. The van der Waals surface area contributed by atoms with Gasteiger partial charge < -0.3 is 19.8 Å². The van der Waals surface area contributed by atoms with Crippen LogP contribution in [0.15, 0.2) is 24.3 Å². The second-order valence-corrected chi connectivity index (χ2v) is 7.66. The van der Waals surface area contributed by atoms with Crippen LogP contribution in [0.5, 0.6) is 5.75 Å². The first-order valence-corrected chi connectivity index (χ1v) is 9.49. The smallest absolute Gasteiger partial charge is 0.319 e. The zero-order valence-electron chi connectivity index (χ0n) is 15.7. The average Bonchev–Trinajstić information content (AvgIpc) is 2.67. The molecule has 2 fully saturated rings. The van der Waals surface area contributed by atoms with Gasteiger partial charge in [0.1, 0.15) is 5.75 Å². The van der Waals surface area contributed by atoms with Crippen molar-refractivity contribution in [2.24, 2.45) is 5.92 Å². The van der Waals surface area contributed by atoms with E-state index in [-0.39, 0.29) is 17.9 Å². The van der Waals surface area contributed by atoms with Crippen molar-refractivity contribution in [3.05, 3.63) is 29.8 Å². The van der Waals surface area contributed by atoms with Crippen LogP contribution in [0, 0.1) is 5.92 Å². The molecule has 0 aromatic heterocycles. The van der Waals surface area contributed by atoms with Gasteiger partial charge in [-0.1, -0.05) is 12.1 Å². The number of piperidine rings is 2. The minimum Gasteiger partial charge on any atom is -0.508 e. The molecule has 2 heterocycles. The van der Waals surface area contributed by atoms with Gasteiger partial charge in [0.15, 0.2) is 0 Å². The van der Waals surface area contributed by atoms with Crippen molar-refractivity contribution < 1.29 is 14.7 Å². The summed E-state index contributed by atoms with van der Waals surface area (Å²) >= 11 is 0. The third kappa shape index (κ3) is 4.11. The van der Waals surface area contributed by atoms with E-state index >= 15 is 0 Å². The number of urea groups is 1. The molecule has 0 bridgehead atoms. The number of phenols is 1. The van der Waals surface area contributed by atoms with Gasteiger partial charge in [0.25, 0.3) is 0 Å². The number of likely N-dealkylation sites (tertiary alicyclic amines) is 2. The second-order valence-electron chi connectivity index (χ2n) is 7.66. The number of phenolic OH excluding ortho intramolecular Hbond substituents is 1. The minimum absolute atomic E-state index is 0.00917. The highest BCUT2D eigenvalue weighted by Crippen LogP contribution is 2.31. The van der Waals surface area contributed by atoms with Crippen LogP contribution in [-0.2, 0) is 4.79 Å². The van der Waals surface area contributed by atoms with Crippen LogP contribution >= 0.6 is 0 Å². The van der Waals surface area contributed by atoms with Gasteiger partial charge in [0, 0.05) is 40.3 Å². The van der Waals surface area contributed by atoms with E-state index in [1.165, 1.54) is 0 Å². The molecule has 0 aliphatic carbocycles.